The molecule has 2 nitrogen and oxygen atoms in total. The third-order valence-corrected chi connectivity index (χ3v) is 4.47. The number of rotatable bonds is 0. The first-order chi connectivity index (χ1) is 6.97. The van der Waals surface area contributed by atoms with Crippen molar-refractivity contribution in [2.45, 2.75) is 51.6 Å². The summed E-state index contributed by atoms with van der Waals surface area (Å²) in [5.41, 5.74) is -1.58. The Hall–Kier alpha value is -0.810. The highest BCUT2D eigenvalue weighted by Crippen LogP contribution is 2.59. The average Bonchev–Trinajstić information content (AvgIpc) is 2.17. The Morgan fingerprint density at radius 2 is 1.93 bits per heavy atom. The topological polar surface area (TPSA) is 44.0 Å². The molecular weight excluding hydrogens is 186 g/mol. The van der Waals surface area contributed by atoms with Crippen molar-refractivity contribution in [1.82, 2.24) is 0 Å². The molecule has 0 amide bonds. The van der Waals surface area contributed by atoms with Crippen molar-refractivity contribution >= 4 is 0 Å². The average molecular weight is 205 g/mol. The molecule has 0 spiro atoms. The molecule has 1 N–H and O–H groups in total. The highest BCUT2D eigenvalue weighted by Gasteiger charge is 2.60. The SMILES string of the molecule is CC1(C)CC=C[C@]2(O)CCCC[C@]12C#N. The van der Waals surface area contributed by atoms with Gasteiger partial charge in [-0.25, -0.2) is 0 Å². The normalized spacial score (nSPS) is 43.1. The second-order valence-electron chi connectivity index (χ2n) is 5.64. The van der Waals surface area contributed by atoms with E-state index in [0.29, 0.717) is 0 Å². The first-order valence-electron chi connectivity index (χ1n) is 5.79. The van der Waals surface area contributed by atoms with E-state index in [9.17, 15) is 10.4 Å². The van der Waals surface area contributed by atoms with E-state index >= 15 is 0 Å². The Bertz CT molecular complexity index is 339. The van der Waals surface area contributed by atoms with E-state index < -0.39 is 11.0 Å². The molecule has 0 saturated heterocycles. The predicted octanol–water partition coefficient (Wildman–Crippen LogP) is 2.79. The van der Waals surface area contributed by atoms with E-state index in [-0.39, 0.29) is 5.41 Å². The second kappa shape index (κ2) is 3.09. The van der Waals surface area contributed by atoms with Crippen LogP contribution in [0.1, 0.15) is 46.0 Å². The molecule has 0 heterocycles. The number of hydrogen-bond donors (Lipinski definition) is 1. The molecule has 0 radical (unpaired) electrons. The molecule has 0 aromatic carbocycles. The predicted molar refractivity (Wildman–Crippen MR) is 59.0 cm³/mol. The van der Waals surface area contributed by atoms with Gasteiger partial charge in [-0.2, -0.15) is 5.26 Å². The zero-order chi connectivity index (χ0) is 11.2. The lowest BCUT2D eigenvalue weighted by Gasteiger charge is -2.55. The number of aliphatic hydroxyl groups is 1. The summed E-state index contributed by atoms with van der Waals surface area (Å²) >= 11 is 0. The Morgan fingerprint density at radius 3 is 2.53 bits per heavy atom. The minimum atomic E-state index is -0.887. The van der Waals surface area contributed by atoms with Crippen molar-refractivity contribution in [3.63, 3.8) is 0 Å². The van der Waals surface area contributed by atoms with Crippen LogP contribution in [0.15, 0.2) is 12.2 Å². The van der Waals surface area contributed by atoms with Gasteiger partial charge in [-0.15, -0.1) is 0 Å². The highest BCUT2D eigenvalue weighted by atomic mass is 16.3. The van der Waals surface area contributed by atoms with Gasteiger partial charge in [0.05, 0.1) is 11.5 Å². The lowest BCUT2D eigenvalue weighted by atomic mass is 9.49. The monoisotopic (exact) mass is 205 g/mol. The Balaban J connectivity index is 2.55. The molecule has 82 valence electrons. The Kier molecular flexibility index (Phi) is 2.20. The molecule has 2 aliphatic rings. The number of nitrogens with zero attached hydrogens (tertiary/aromatic N) is 1. The van der Waals surface area contributed by atoms with Crippen molar-refractivity contribution in [2.75, 3.05) is 0 Å². The maximum atomic E-state index is 10.7. The van der Waals surface area contributed by atoms with E-state index in [4.69, 9.17) is 0 Å². The molecule has 0 bridgehead atoms. The molecule has 2 aliphatic carbocycles. The van der Waals surface area contributed by atoms with Crippen LogP contribution in [0.3, 0.4) is 0 Å². The maximum absolute atomic E-state index is 10.7. The Morgan fingerprint density at radius 1 is 1.27 bits per heavy atom. The van der Waals surface area contributed by atoms with Gasteiger partial charge in [-0.1, -0.05) is 38.8 Å². The van der Waals surface area contributed by atoms with Gasteiger partial charge in [-0.05, 0) is 24.7 Å². The van der Waals surface area contributed by atoms with Crippen LogP contribution in [-0.2, 0) is 0 Å². The van der Waals surface area contributed by atoms with Crippen molar-refractivity contribution in [3.05, 3.63) is 12.2 Å². The van der Waals surface area contributed by atoms with Crippen LogP contribution < -0.4 is 0 Å². The number of fused-ring (bicyclic) bond motifs is 1. The molecule has 0 aromatic heterocycles. The molecular formula is C13H19NO. The fourth-order valence-electron chi connectivity index (χ4n) is 3.39. The first kappa shape index (κ1) is 10.7. The van der Waals surface area contributed by atoms with Gasteiger partial charge in [0, 0.05) is 0 Å². The quantitative estimate of drug-likeness (QED) is 0.618. The van der Waals surface area contributed by atoms with Crippen LogP contribution in [0.5, 0.6) is 0 Å². The van der Waals surface area contributed by atoms with Crippen molar-refractivity contribution < 1.29 is 5.11 Å². The number of allylic oxidation sites excluding steroid dienone is 1. The standard InChI is InChI=1S/C13H19NO/c1-11(2)6-5-9-13(15)8-4-3-7-12(11,13)10-14/h5,9,15H,3-4,6-8H2,1-2H3/t12-,13+/m0/s1. The summed E-state index contributed by atoms with van der Waals surface area (Å²) < 4.78 is 0. The third-order valence-electron chi connectivity index (χ3n) is 4.47. The molecule has 1 saturated carbocycles. The van der Waals surface area contributed by atoms with Crippen LogP contribution in [0, 0.1) is 22.2 Å². The molecule has 15 heavy (non-hydrogen) atoms. The molecule has 2 rings (SSSR count). The minimum absolute atomic E-state index is 0.119. The van der Waals surface area contributed by atoms with Crippen LogP contribution in [0.2, 0.25) is 0 Å². The summed E-state index contributed by atoms with van der Waals surface area (Å²) in [6, 6.07) is 2.45. The number of nitriles is 1. The highest BCUT2D eigenvalue weighted by molar-refractivity contribution is 5.29. The first-order valence-corrected chi connectivity index (χ1v) is 5.79. The van der Waals surface area contributed by atoms with E-state index in [0.717, 1.165) is 32.1 Å². The smallest absolute Gasteiger partial charge is 0.102 e. The van der Waals surface area contributed by atoms with Crippen molar-refractivity contribution in [2.24, 2.45) is 10.8 Å². The molecule has 2 heteroatoms. The Labute approximate surface area is 91.6 Å². The van der Waals surface area contributed by atoms with Gasteiger partial charge in [-0.3, -0.25) is 0 Å². The summed E-state index contributed by atoms with van der Waals surface area (Å²) in [4.78, 5) is 0. The van der Waals surface area contributed by atoms with Crippen LogP contribution in [0.25, 0.3) is 0 Å². The zero-order valence-electron chi connectivity index (χ0n) is 9.58. The van der Waals surface area contributed by atoms with Gasteiger partial charge < -0.3 is 5.11 Å². The summed E-state index contributed by atoms with van der Waals surface area (Å²) in [5.74, 6) is 0. The zero-order valence-corrected chi connectivity index (χ0v) is 9.58. The molecule has 0 aromatic rings. The van der Waals surface area contributed by atoms with Crippen molar-refractivity contribution in [3.8, 4) is 6.07 Å². The lowest BCUT2D eigenvalue weighted by Crippen LogP contribution is -2.58. The molecule has 0 aliphatic heterocycles. The van der Waals surface area contributed by atoms with Crippen LogP contribution in [-0.4, -0.2) is 10.7 Å². The van der Waals surface area contributed by atoms with Gasteiger partial charge in [0.15, 0.2) is 0 Å². The van der Waals surface area contributed by atoms with Gasteiger partial charge in [0.25, 0.3) is 0 Å². The fraction of sp³-hybridized carbons (Fsp3) is 0.769. The van der Waals surface area contributed by atoms with Gasteiger partial charge in [0.1, 0.15) is 5.60 Å². The minimum Gasteiger partial charge on any atom is -0.384 e. The summed E-state index contributed by atoms with van der Waals surface area (Å²) in [7, 11) is 0. The third kappa shape index (κ3) is 1.19. The van der Waals surface area contributed by atoms with Gasteiger partial charge in [0.2, 0.25) is 0 Å². The summed E-state index contributed by atoms with van der Waals surface area (Å²) in [5, 5.41) is 20.2. The molecule has 2 atom stereocenters. The van der Waals surface area contributed by atoms with Crippen LogP contribution >= 0.6 is 0 Å². The second-order valence-corrected chi connectivity index (χ2v) is 5.64. The van der Waals surface area contributed by atoms with Gasteiger partial charge >= 0.3 is 0 Å². The van der Waals surface area contributed by atoms with E-state index in [1.165, 1.54) is 0 Å². The largest absolute Gasteiger partial charge is 0.384 e. The lowest BCUT2D eigenvalue weighted by molar-refractivity contribution is -0.112. The van der Waals surface area contributed by atoms with Crippen LogP contribution in [0.4, 0.5) is 0 Å². The van der Waals surface area contributed by atoms with E-state index in [1.54, 1.807) is 0 Å². The maximum Gasteiger partial charge on any atom is 0.102 e. The molecule has 0 unspecified atom stereocenters. The number of hydrogen-bond acceptors (Lipinski definition) is 2. The summed E-state index contributed by atoms with van der Waals surface area (Å²) in [6.45, 7) is 4.21. The van der Waals surface area contributed by atoms with E-state index in [2.05, 4.69) is 19.9 Å². The fourth-order valence-corrected chi connectivity index (χ4v) is 3.39. The molecule has 1 fully saturated rings. The summed E-state index contributed by atoms with van der Waals surface area (Å²) in [6.07, 6.45) is 8.47. The van der Waals surface area contributed by atoms with E-state index in [1.807, 2.05) is 12.2 Å². The van der Waals surface area contributed by atoms with Crippen molar-refractivity contribution in [1.29, 1.82) is 5.26 Å².